The van der Waals surface area contributed by atoms with Crippen molar-refractivity contribution in [2.45, 2.75) is 18.2 Å². The van der Waals surface area contributed by atoms with Crippen molar-refractivity contribution in [3.63, 3.8) is 0 Å². The molecule has 1 heterocycles. The van der Waals surface area contributed by atoms with Crippen LogP contribution < -0.4 is 4.90 Å². The van der Waals surface area contributed by atoms with Gasteiger partial charge in [0.1, 0.15) is 0 Å². The third kappa shape index (κ3) is 3.04. The SMILES string of the molecule is Cc1ccccc1C1CC(=O)N(c2ccccc2)C(=[Se])[Se]1. The van der Waals surface area contributed by atoms with Crippen molar-refractivity contribution < 1.29 is 4.79 Å². The number of rotatable bonds is 2. The zero-order valence-electron chi connectivity index (χ0n) is 11.7. The number of hydrogen-bond donors (Lipinski definition) is 0. The molecule has 1 aliphatic heterocycles. The third-order valence-corrected chi connectivity index (χ3v) is 7.30. The first-order chi connectivity index (χ1) is 10.2. The number of anilines is 1. The molecule has 0 N–H and O–H groups in total. The van der Waals surface area contributed by atoms with E-state index in [2.05, 4.69) is 46.8 Å². The minimum absolute atomic E-state index is 0.177. The summed E-state index contributed by atoms with van der Waals surface area (Å²) in [6.45, 7) is 2.12. The number of carbonyl (C=O) groups is 1. The molecule has 0 radical (unpaired) electrons. The van der Waals surface area contributed by atoms with Gasteiger partial charge in [0.15, 0.2) is 0 Å². The first kappa shape index (κ1) is 14.7. The monoisotopic (exact) mass is 409 g/mol. The van der Waals surface area contributed by atoms with Gasteiger partial charge in [0.25, 0.3) is 0 Å². The van der Waals surface area contributed by atoms with Gasteiger partial charge in [-0.05, 0) is 0 Å². The van der Waals surface area contributed by atoms with Crippen LogP contribution in [0, 0.1) is 6.92 Å². The molecule has 2 aromatic carbocycles. The molecule has 2 nitrogen and oxygen atoms in total. The van der Waals surface area contributed by atoms with Crippen molar-refractivity contribution in [3.8, 4) is 0 Å². The van der Waals surface area contributed by atoms with E-state index in [-0.39, 0.29) is 20.9 Å². The molecule has 21 heavy (non-hydrogen) atoms. The molecule has 1 aliphatic rings. The van der Waals surface area contributed by atoms with E-state index in [9.17, 15) is 4.79 Å². The Kier molecular flexibility index (Phi) is 4.42. The number of hydrogen-bond acceptors (Lipinski definition) is 1. The van der Waals surface area contributed by atoms with Crippen LogP contribution >= 0.6 is 0 Å². The third-order valence-electron chi connectivity index (χ3n) is 3.58. The summed E-state index contributed by atoms with van der Waals surface area (Å²) in [4.78, 5) is 14.8. The number of amides is 1. The van der Waals surface area contributed by atoms with Crippen LogP contribution in [0.3, 0.4) is 0 Å². The van der Waals surface area contributed by atoms with E-state index in [0.717, 1.165) is 9.13 Å². The van der Waals surface area contributed by atoms with Gasteiger partial charge in [0, 0.05) is 0 Å². The van der Waals surface area contributed by atoms with Gasteiger partial charge in [-0.25, -0.2) is 0 Å². The molecule has 3 rings (SSSR count). The van der Waals surface area contributed by atoms with Crippen molar-refractivity contribution in [2.24, 2.45) is 0 Å². The Morgan fingerprint density at radius 2 is 1.76 bits per heavy atom. The maximum absolute atomic E-state index is 12.6. The Balaban J connectivity index is 1.87. The Morgan fingerprint density at radius 1 is 1.10 bits per heavy atom. The van der Waals surface area contributed by atoms with Crippen molar-refractivity contribution in [3.05, 3.63) is 65.7 Å². The van der Waals surface area contributed by atoms with Crippen LogP contribution in [0.4, 0.5) is 5.69 Å². The predicted molar refractivity (Wildman–Crippen MR) is 89.0 cm³/mol. The number of benzene rings is 2. The number of para-hydroxylation sites is 1. The average Bonchev–Trinajstić information content (AvgIpc) is 2.48. The topological polar surface area (TPSA) is 20.3 Å². The van der Waals surface area contributed by atoms with Crippen molar-refractivity contribution in [1.29, 1.82) is 0 Å². The quantitative estimate of drug-likeness (QED) is 0.701. The van der Waals surface area contributed by atoms with Crippen molar-refractivity contribution in [2.75, 3.05) is 4.90 Å². The molecule has 1 saturated heterocycles. The van der Waals surface area contributed by atoms with E-state index in [1.165, 1.54) is 11.1 Å². The normalized spacial score (nSPS) is 18.9. The molecule has 0 aliphatic carbocycles. The van der Waals surface area contributed by atoms with Crippen LogP contribution in [0.1, 0.15) is 22.4 Å². The summed E-state index contributed by atoms with van der Waals surface area (Å²) in [5.41, 5.74) is 3.55. The van der Waals surface area contributed by atoms with Crippen molar-refractivity contribution in [1.82, 2.24) is 0 Å². The molecule has 2 aromatic rings. The van der Waals surface area contributed by atoms with Crippen LogP contribution in [-0.4, -0.2) is 39.9 Å². The molecule has 106 valence electrons. The van der Waals surface area contributed by atoms with Gasteiger partial charge < -0.3 is 0 Å². The fourth-order valence-corrected chi connectivity index (χ4v) is 6.68. The molecule has 1 amide bonds. The summed E-state index contributed by atoms with van der Waals surface area (Å²) >= 11 is 3.37. The predicted octanol–water partition coefficient (Wildman–Crippen LogP) is 2.43. The zero-order valence-corrected chi connectivity index (χ0v) is 15.1. The summed E-state index contributed by atoms with van der Waals surface area (Å²) in [7, 11) is 0. The molecule has 0 bridgehead atoms. The van der Waals surface area contributed by atoms with Gasteiger partial charge in [0.05, 0.1) is 0 Å². The van der Waals surface area contributed by atoms with Crippen LogP contribution in [0.25, 0.3) is 0 Å². The van der Waals surface area contributed by atoms with Gasteiger partial charge >= 0.3 is 139 Å². The summed E-state index contributed by atoms with van der Waals surface area (Å²) < 4.78 is 1.07. The average molecular weight is 407 g/mol. The molecule has 1 fully saturated rings. The molecular weight excluding hydrogens is 392 g/mol. The fourth-order valence-electron chi connectivity index (χ4n) is 2.52. The standard InChI is InChI=1S/C17H15NOSe2/c1-12-7-5-6-10-14(12)15-11-16(19)18(17(20)21-15)13-8-3-2-4-9-13/h2-10,15H,11H2,1H3. The van der Waals surface area contributed by atoms with E-state index in [1.54, 1.807) is 0 Å². The summed E-state index contributed by atoms with van der Waals surface area (Å²) in [6, 6.07) is 18.3. The Bertz CT molecular complexity index is 666. The van der Waals surface area contributed by atoms with Gasteiger partial charge in [-0.3, -0.25) is 0 Å². The molecular formula is C17H15NOSe2. The van der Waals surface area contributed by atoms with E-state index in [1.807, 2.05) is 35.2 Å². The van der Waals surface area contributed by atoms with E-state index < -0.39 is 0 Å². The Morgan fingerprint density at radius 3 is 2.43 bits per heavy atom. The van der Waals surface area contributed by atoms with Crippen LogP contribution in [0.15, 0.2) is 54.6 Å². The van der Waals surface area contributed by atoms with Gasteiger partial charge in [-0.1, -0.05) is 0 Å². The van der Waals surface area contributed by atoms with Gasteiger partial charge in [-0.15, -0.1) is 0 Å². The minimum atomic E-state index is 0.177. The summed E-state index contributed by atoms with van der Waals surface area (Å²) in [5.74, 6) is 0.177. The maximum atomic E-state index is 12.6. The van der Waals surface area contributed by atoms with Crippen LogP contribution in [-0.2, 0) is 4.79 Å². The van der Waals surface area contributed by atoms with E-state index in [4.69, 9.17) is 0 Å². The first-order valence-corrected chi connectivity index (χ1v) is 9.51. The van der Waals surface area contributed by atoms with Crippen LogP contribution in [0.2, 0.25) is 0 Å². The second-order valence-electron chi connectivity index (χ2n) is 5.00. The Labute approximate surface area is 139 Å². The fraction of sp³-hybridized carbons (Fsp3) is 0.176. The summed E-state index contributed by atoms with van der Waals surface area (Å²) in [5, 5.41) is 0. The first-order valence-electron chi connectivity index (χ1n) is 6.81. The number of nitrogens with zero attached hydrogens (tertiary/aromatic N) is 1. The van der Waals surface area contributed by atoms with Crippen LogP contribution in [0.5, 0.6) is 0 Å². The van der Waals surface area contributed by atoms with E-state index in [0.29, 0.717) is 11.2 Å². The molecule has 0 saturated carbocycles. The molecule has 4 heteroatoms. The number of aryl methyl sites for hydroxylation is 1. The number of carbonyl (C=O) groups excluding carboxylic acids is 1. The van der Waals surface area contributed by atoms with Gasteiger partial charge in [0.2, 0.25) is 0 Å². The molecule has 1 unspecified atom stereocenters. The summed E-state index contributed by atoms with van der Waals surface area (Å²) in [6.07, 6.45) is 0.588. The zero-order chi connectivity index (χ0) is 14.8. The van der Waals surface area contributed by atoms with Crippen molar-refractivity contribution >= 4 is 45.6 Å². The molecule has 1 atom stereocenters. The Hall–Kier alpha value is -1.18. The second-order valence-corrected chi connectivity index (χ2v) is 9.62. The molecule has 0 spiro atoms. The van der Waals surface area contributed by atoms with Gasteiger partial charge in [-0.2, -0.15) is 0 Å². The molecule has 0 aromatic heterocycles. The second kappa shape index (κ2) is 6.29. The van der Waals surface area contributed by atoms with E-state index >= 15 is 0 Å².